The lowest BCUT2D eigenvalue weighted by atomic mass is 10.0. The van der Waals surface area contributed by atoms with Crippen LogP contribution in [0.5, 0.6) is 5.75 Å². The molecule has 3 nitrogen and oxygen atoms in total. The maximum absolute atomic E-state index is 12.2. The van der Waals surface area contributed by atoms with Crippen LogP contribution in [0.1, 0.15) is 33.5 Å². The van der Waals surface area contributed by atoms with Gasteiger partial charge in [0.05, 0.1) is 0 Å². The van der Waals surface area contributed by atoms with E-state index in [9.17, 15) is 13.6 Å². The summed E-state index contributed by atoms with van der Waals surface area (Å²) in [5.74, 6) is -0.316. The molecule has 0 aliphatic rings. The molecule has 0 bridgehead atoms. The van der Waals surface area contributed by atoms with Crippen LogP contribution in [-0.4, -0.2) is 19.1 Å². The van der Waals surface area contributed by atoms with Gasteiger partial charge in [-0.1, -0.05) is 29.8 Å². The second kappa shape index (κ2) is 8.43. The van der Waals surface area contributed by atoms with E-state index >= 15 is 0 Å². The number of aryl methyl sites for hydroxylation is 3. The number of alkyl halides is 2. The Morgan fingerprint density at radius 1 is 1.17 bits per heavy atom. The molecular weight excluding hydrogens is 312 g/mol. The summed E-state index contributed by atoms with van der Waals surface area (Å²) in [4.78, 5) is 12.1. The van der Waals surface area contributed by atoms with E-state index < -0.39 is 6.61 Å². The first-order valence-corrected chi connectivity index (χ1v) is 7.85. The molecule has 1 N–H and O–H groups in total. The molecule has 0 aromatic heterocycles. The normalized spacial score (nSPS) is 10.7. The van der Waals surface area contributed by atoms with Crippen LogP contribution >= 0.6 is 0 Å². The van der Waals surface area contributed by atoms with Crippen LogP contribution in [0.4, 0.5) is 8.78 Å². The van der Waals surface area contributed by atoms with E-state index in [-0.39, 0.29) is 11.7 Å². The van der Waals surface area contributed by atoms with Crippen molar-refractivity contribution in [1.29, 1.82) is 0 Å². The second-order valence-electron chi connectivity index (χ2n) is 5.70. The van der Waals surface area contributed by atoms with E-state index in [1.165, 1.54) is 34.9 Å². The molecule has 0 spiro atoms. The minimum atomic E-state index is -2.90. The molecular formula is C19H21F2NO2. The van der Waals surface area contributed by atoms with Crippen molar-refractivity contribution in [2.45, 2.75) is 33.3 Å². The van der Waals surface area contributed by atoms with Crippen LogP contribution < -0.4 is 10.1 Å². The highest BCUT2D eigenvalue weighted by Gasteiger charge is 2.09. The van der Waals surface area contributed by atoms with Gasteiger partial charge in [0.1, 0.15) is 5.75 Å². The molecule has 5 heteroatoms. The number of rotatable bonds is 7. The molecule has 0 aliphatic carbocycles. The van der Waals surface area contributed by atoms with E-state index in [1.807, 2.05) is 0 Å². The molecule has 0 fully saturated rings. The Hall–Kier alpha value is -2.43. The Balaban J connectivity index is 1.83. The quantitative estimate of drug-likeness (QED) is 0.769. The monoisotopic (exact) mass is 333 g/mol. The molecule has 0 atom stereocenters. The van der Waals surface area contributed by atoms with Crippen molar-refractivity contribution < 1.29 is 18.3 Å². The van der Waals surface area contributed by atoms with Gasteiger partial charge < -0.3 is 10.1 Å². The first-order chi connectivity index (χ1) is 11.5. The lowest BCUT2D eigenvalue weighted by Gasteiger charge is -2.09. The topological polar surface area (TPSA) is 38.3 Å². The van der Waals surface area contributed by atoms with Crippen molar-refractivity contribution in [3.05, 3.63) is 64.7 Å². The van der Waals surface area contributed by atoms with Crippen LogP contribution in [-0.2, 0) is 6.42 Å². The maximum atomic E-state index is 12.2. The zero-order chi connectivity index (χ0) is 17.5. The lowest BCUT2D eigenvalue weighted by Crippen LogP contribution is -2.24. The van der Waals surface area contributed by atoms with Gasteiger partial charge in [0.25, 0.3) is 5.91 Å². The molecule has 1 amide bonds. The van der Waals surface area contributed by atoms with Crippen molar-refractivity contribution >= 4 is 5.91 Å². The highest BCUT2D eigenvalue weighted by Crippen LogP contribution is 2.16. The summed E-state index contributed by atoms with van der Waals surface area (Å²) in [6.07, 6.45) is 1.68. The number of halogens is 2. The summed E-state index contributed by atoms with van der Waals surface area (Å²) in [5.41, 5.74) is 4.05. The SMILES string of the molecule is Cc1ccc(CCCNC(=O)c2cccc(OC(F)F)c2)c(C)c1. The van der Waals surface area contributed by atoms with Gasteiger partial charge in [-0.05, 0) is 56.0 Å². The molecule has 2 aromatic carbocycles. The van der Waals surface area contributed by atoms with Crippen molar-refractivity contribution in [3.63, 3.8) is 0 Å². The molecule has 0 heterocycles. The van der Waals surface area contributed by atoms with Gasteiger partial charge in [-0.3, -0.25) is 4.79 Å². The highest BCUT2D eigenvalue weighted by molar-refractivity contribution is 5.94. The molecule has 0 radical (unpaired) electrons. The van der Waals surface area contributed by atoms with Gasteiger partial charge in [0.2, 0.25) is 0 Å². The summed E-state index contributed by atoms with van der Waals surface area (Å²) < 4.78 is 28.7. The molecule has 128 valence electrons. The fraction of sp³-hybridized carbons (Fsp3) is 0.316. The van der Waals surface area contributed by atoms with Crippen molar-refractivity contribution in [3.8, 4) is 5.75 Å². The summed E-state index contributed by atoms with van der Waals surface area (Å²) in [6.45, 7) is 1.76. The molecule has 0 unspecified atom stereocenters. The smallest absolute Gasteiger partial charge is 0.387 e. The third kappa shape index (κ3) is 5.33. The van der Waals surface area contributed by atoms with Crippen LogP contribution in [0.15, 0.2) is 42.5 Å². The number of carbonyl (C=O) groups excluding carboxylic acids is 1. The summed E-state index contributed by atoms with van der Waals surface area (Å²) in [7, 11) is 0. The first-order valence-electron chi connectivity index (χ1n) is 7.85. The zero-order valence-corrected chi connectivity index (χ0v) is 13.8. The van der Waals surface area contributed by atoms with Crippen LogP contribution in [0, 0.1) is 13.8 Å². The fourth-order valence-electron chi connectivity index (χ4n) is 2.52. The van der Waals surface area contributed by atoms with Crippen molar-refractivity contribution in [2.24, 2.45) is 0 Å². The van der Waals surface area contributed by atoms with Crippen LogP contribution in [0.3, 0.4) is 0 Å². The molecule has 2 aromatic rings. The predicted octanol–water partition coefficient (Wildman–Crippen LogP) is 4.27. The van der Waals surface area contributed by atoms with Gasteiger partial charge in [0.15, 0.2) is 0 Å². The van der Waals surface area contributed by atoms with Gasteiger partial charge in [0, 0.05) is 12.1 Å². The average molecular weight is 333 g/mol. The molecule has 2 rings (SSSR count). The molecule has 0 saturated carbocycles. The second-order valence-corrected chi connectivity index (χ2v) is 5.70. The average Bonchev–Trinajstić information content (AvgIpc) is 2.52. The zero-order valence-electron chi connectivity index (χ0n) is 13.8. The van der Waals surface area contributed by atoms with E-state index in [1.54, 1.807) is 6.07 Å². The Morgan fingerprint density at radius 3 is 2.67 bits per heavy atom. The van der Waals surface area contributed by atoms with Crippen molar-refractivity contribution in [1.82, 2.24) is 5.32 Å². The predicted molar refractivity (Wildman–Crippen MR) is 89.6 cm³/mol. The Kier molecular flexibility index (Phi) is 6.29. The van der Waals surface area contributed by atoms with E-state index in [2.05, 4.69) is 42.1 Å². The highest BCUT2D eigenvalue weighted by atomic mass is 19.3. The number of amides is 1. The summed E-state index contributed by atoms with van der Waals surface area (Å²) in [5, 5.41) is 2.80. The van der Waals surface area contributed by atoms with E-state index in [0.717, 1.165) is 12.8 Å². The summed E-state index contributed by atoms with van der Waals surface area (Å²) in [6, 6.07) is 12.1. The number of ether oxygens (including phenoxy) is 1. The van der Waals surface area contributed by atoms with Crippen molar-refractivity contribution in [2.75, 3.05) is 6.54 Å². The molecule has 24 heavy (non-hydrogen) atoms. The number of hydrogen-bond donors (Lipinski definition) is 1. The van der Waals surface area contributed by atoms with E-state index in [0.29, 0.717) is 12.1 Å². The Bertz CT molecular complexity index is 702. The number of benzene rings is 2. The van der Waals surface area contributed by atoms with Crippen LogP contribution in [0.25, 0.3) is 0 Å². The maximum Gasteiger partial charge on any atom is 0.387 e. The lowest BCUT2D eigenvalue weighted by molar-refractivity contribution is -0.0498. The van der Waals surface area contributed by atoms with Crippen LogP contribution in [0.2, 0.25) is 0 Å². The fourth-order valence-corrected chi connectivity index (χ4v) is 2.52. The number of nitrogens with one attached hydrogen (secondary N) is 1. The number of hydrogen-bond acceptors (Lipinski definition) is 2. The van der Waals surface area contributed by atoms with Gasteiger partial charge in [-0.25, -0.2) is 0 Å². The first kappa shape index (κ1) is 17.9. The third-order valence-corrected chi connectivity index (χ3v) is 3.73. The summed E-state index contributed by atoms with van der Waals surface area (Å²) >= 11 is 0. The Labute approximate surface area is 140 Å². The van der Waals surface area contributed by atoms with Gasteiger partial charge in [-0.15, -0.1) is 0 Å². The minimum Gasteiger partial charge on any atom is -0.435 e. The largest absolute Gasteiger partial charge is 0.435 e. The number of carbonyl (C=O) groups is 1. The van der Waals surface area contributed by atoms with E-state index in [4.69, 9.17) is 0 Å². The molecule has 0 saturated heterocycles. The van der Waals surface area contributed by atoms with Gasteiger partial charge in [-0.2, -0.15) is 8.78 Å². The Morgan fingerprint density at radius 2 is 1.96 bits per heavy atom. The van der Waals surface area contributed by atoms with Gasteiger partial charge >= 0.3 is 6.61 Å². The standard InChI is InChI=1S/C19H21F2NO2/c1-13-8-9-15(14(2)11-13)6-4-10-22-18(23)16-5-3-7-17(12-16)24-19(20)21/h3,5,7-9,11-12,19H,4,6,10H2,1-2H3,(H,22,23). The minimum absolute atomic E-state index is 0.0204. The third-order valence-electron chi connectivity index (χ3n) is 3.73. The molecule has 0 aliphatic heterocycles.